The molecule has 0 atom stereocenters. The molecule has 5 nitrogen and oxygen atoms in total. The Bertz CT molecular complexity index is 1940. The zero-order valence-electron chi connectivity index (χ0n) is 30.1. The number of nitrogens with zero attached hydrogens (tertiary/aromatic N) is 3. The van der Waals surface area contributed by atoms with Crippen LogP contribution in [0.15, 0.2) is 140 Å². The molecule has 1 fully saturated rings. The van der Waals surface area contributed by atoms with E-state index in [0.29, 0.717) is 6.54 Å². The van der Waals surface area contributed by atoms with Gasteiger partial charge in [0.05, 0.1) is 6.20 Å². The molecule has 0 unspecified atom stereocenters. The normalized spacial score (nSPS) is 13.8. The average Bonchev–Trinajstić information content (AvgIpc) is 3.49. The summed E-state index contributed by atoms with van der Waals surface area (Å²) in [6, 6.07) is 45.0. The Hall–Kier alpha value is -5.42. The van der Waals surface area contributed by atoms with E-state index in [1.165, 1.54) is 18.4 Å². The van der Waals surface area contributed by atoms with Crippen molar-refractivity contribution in [1.29, 1.82) is 0 Å². The van der Waals surface area contributed by atoms with Crippen LogP contribution in [0.5, 0.6) is 0 Å². The van der Waals surface area contributed by atoms with Gasteiger partial charge in [-0.2, -0.15) is 5.10 Å². The maximum atomic E-state index is 14.2. The molecular formula is C46H48N4O. The van der Waals surface area contributed by atoms with Crippen molar-refractivity contribution in [2.75, 3.05) is 5.32 Å². The van der Waals surface area contributed by atoms with E-state index in [1.807, 2.05) is 6.20 Å². The molecule has 1 aliphatic carbocycles. The van der Waals surface area contributed by atoms with Crippen LogP contribution in [-0.2, 0) is 12.1 Å². The molecule has 0 saturated heterocycles. The van der Waals surface area contributed by atoms with Crippen molar-refractivity contribution in [2.45, 2.75) is 77.4 Å². The number of aromatic nitrogens is 2. The Balaban J connectivity index is 1.25. The molecule has 1 aromatic heterocycles. The smallest absolute Gasteiger partial charge is 0.317 e. The second-order valence-corrected chi connectivity index (χ2v) is 14.2. The van der Waals surface area contributed by atoms with Crippen LogP contribution in [0.4, 0.5) is 10.5 Å². The highest BCUT2D eigenvalue weighted by Gasteiger charge is 2.39. The average molecular weight is 673 g/mol. The molecule has 1 N–H and O–H groups in total. The lowest BCUT2D eigenvalue weighted by molar-refractivity contribution is 0.175. The molecule has 1 saturated carbocycles. The maximum absolute atomic E-state index is 14.2. The quantitative estimate of drug-likeness (QED) is 0.123. The first-order valence-corrected chi connectivity index (χ1v) is 18.4. The second-order valence-electron chi connectivity index (χ2n) is 14.2. The van der Waals surface area contributed by atoms with Gasteiger partial charge in [0.25, 0.3) is 0 Å². The summed E-state index contributed by atoms with van der Waals surface area (Å²) >= 11 is 0. The lowest BCUT2D eigenvalue weighted by atomic mass is 9.77. The minimum atomic E-state index is -0.680. The lowest BCUT2D eigenvalue weighted by Gasteiger charge is -2.36. The number of carbonyl (C=O) groups excluding carboxylic acids is 1. The monoisotopic (exact) mass is 672 g/mol. The summed E-state index contributed by atoms with van der Waals surface area (Å²) in [6.07, 6.45) is 11.0. The van der Waals surface area contributed by atoms with E-state index in [-0.39, 0.29) is 12.1 Å². The van der Waals surface area contributed by atoms with E-state index in [2.05, 4.69) is 169 Å². The number of aryl methyl sites for hydroxylation is 3. The van der Waals surface area contributed by atoms with Gasteiger partial charge >= 0.3 is 6.03 Å². The van der Waals surface area contributed by atoms with E-state index >= 15 is 0 Å². The van der Waals surface area contributed by atoms with Gasteiger partial charge in [0.2, 0.25) is 0 Å². The van der Waals surface area contributed by atoms with Crippen molar-refractivity contribution < 1.29 is 4.79 Å². The highest BCUT2D eigenvalue weighted by Crippen LogP contribution is 2.41. The van der Waals surface area contributed by atoms with Crippen LogP contribution in [0.2, 0.25) is 0 Å². The predicted molar refractivity (Wildman–Crippen MR) is 209 cm³/mol. The molecule has 0 spiro atoms. The van der Waals surface area contributed by atoms with E-state index in [4.69, 9.17) is 5.10 Å². The Morgan fingerprint density at radius 1 is 0.706 bits per heavy atom. The summed E-state index contributed by atoms with van der Waals surface area (Å²) in [7, 11) is 0. The zero-order chi connectivity index (χ0) is 35.2. The van der Waals surface area contributed by atoms with Gasteiger partial charge in [0, 0.05) is 30.0 Å². The fourth-order valence-electron chi connectivity index (χ4n) is 8.13. The summed E-state index contributed by atoms with van der Waals surface area (Å²) in [5, 5.41) is 8.44. The van der Waals surface area contributed by atoms with Gasteiger partial charge in [-0.15, -0.1) is 0 Å². The second kappa shape index (κ2) is 15.2. The Labute approximate surface area is 303 Å². The molecule has 0 aliphatic heterocycles. The van der Waals surface area contributed by atoms with E-state index < -0.39 is 5.54 Å². The topological polar surface area (TPSA) is 50.2 Å². The first-order chi connectivity index (χ1) is 24.9. The highest BCUT2D eigenvalue weighted by molar-refractivity contribution is 5.91. The molecule has 1 aliphatic rings. The third-order valence-electron chi connectivity index (χ3n) is 10.5. The lowest BCUT2D eigenvalue weighted by Crippen LogP contribution is -2.42. The first-order valence-electron chi connectivity index (χ1n) is 18.4. The summed E-state index contributed by atoms with van der Waals surface area (Å²) in [5.74, 6) is 0. The molecule has 1 heterocycles. The number of benzene rings is 5. The van der Waals surface area contributed by atoms with Crippen LogP contribution >= 0.6 is 0 Å². The SMILES string of the molecule is Cc1cc(C)c(NC(=O)N(Cc2cccc(-c3cnn(C(c4ccccc4)(c4ccccc4)c4ccccc4)c3)c2)C2CCCCCC2)c(C)c1. The summed E-state index contributed by atoms with van der Waals surface area (Å²) < 4.78 is 2.12. The third-order valence-corrected chi connectivity index (χ3v) is 10.5. The summed E-state index contributed by atoms with van der Waals surface area (Å²) in [4.78, 5) is 16.3. The van der Waals surface area contributed by atoms with Crippen molar-refractivity contribution in [3.8, 4) is 11.1 Å². The van der Waals surface area contributed by atoms with Crippen LogP contribution < -0.4 is 5.32 Å². The van der Waals surface area contributed by atoms with E-state index in [0.717, 1.165) is 75.9 Å². The number of hydrogen-bond acceptors (Lipinski definition) is 2. The van der Waals surface area contributed by atoms with Crippen molar-refractivity contribution >= 4 is 11.7 Å². The minimum Gasteiger partial charge on any atom is -0.317 e. The van der Waals surface area contributed by atoms with E-state index in [1.54, 1.807) is 0 Å². The van der Waals surface area contributed by atoms with Crippen molar-refractivity contribution in [3.63, 3.8) is 0 Å². The number of amides is 2. The van der Waals surface area contributed by atoms with E-state index in [9.17, 15) is 4.79 Å². The Morgan fingerprint density at radius 2 is 1.25 bits per heavy atom. The Kier molecular flexibility index (Phi) is 10.2. The maximum Gasteiger partial charge on any atom is 0.322 e. The van der Waals surface area contributed by atoms with Crippen molar-refractivity contribution in [1.82, 2.24) is 14.7 Å². The van der Waals surface area contributed by atoms with Crippen LogP contribution in [0, 0.1) is 20.8 Å². The largest absolute Gasteiger partial charge is 0.322 e. The molecule has 7 rings (SSSR count). The molecule has 51 heavy (non-hydrogen) atoms. The zero-order valence-corrected chi connectivity index (χ0v) is 30.1. The van der Waals surface area contributed by atoms with Crippen LogP contribution in [0.25, 0.3) is 11.1 Å². The standard InChI is InChI=1S/C46H48N4O/c1-34-28-35(2)44(36(3)29-34)48-45(51)49(43-26-15-4-5-16-27-43)32-37-18-17-19-38(30-37)39-31-47-50(33-39)46(40-20-9-6-10-21-40,41-22-11-7-12-23-41)42-24-13-8-14-25-42/h6-14,17-25,28-31,33,43H,4-5,15-16,26-27,32H2,1-3H3,(H,48,51). The molecule has 0 bridgehead atoms. The molecule has 5 heteroatoms. The van der Waals surface area contributed by atoms with Gasteiger partial charge in [0.1, 0.15) is 5.54 Å². The Morgan fingerprint density at radius 3 is 1.80 bits per heavy atom. The van der Waals surface area contributed by atoms with Crippen LogP contribution in [0.1, 0.15) is 77.5 Å². The van der Waals surface area contributed by atoms with Gasteiger partial charge in [0.15, 0.2) is 0 Å². The molecule has 5 aromatic carbocycles. The molecule has 2 amide bonds. The fourth-order valence-corrected chi connectivity index (χ4v) is 8.13. The number of rotatable bonds is 9. The van der Waals surface area contributed by atoms with Gasteiger partial charge in [-0.1, -0.05) is 153 Å². The number of hydrogen-bond donors (Lipinski definition) is 1. The third kappa shape index (κ3) is 7.12. The number of anilines is 1. The molecule has 0 radical (unpaired) electrons. The molecule has 6 aromatic rings. The molecular weight excluding hydrogens is 625 g/mol. The first kappa shape index (κ1) is 34.0. The van der Waals surface area contributed by atoms with Crippen molar-refractivity contribution in [2.24, 2.45) is 0 Å². The van der Waals surface area contributed by atoms with Gasteiger partial charge in [-0.3, -0.25) is 4.68 Å². The van der Waals surface area contributed by atoms with Gasteiger partial charge in [-0.05, 0) is 78.6 Å². The highest BCUT2D eigenvalue weighted by atomic mass is 16.2. The predicted octanol–water partition coefficient (Wildman–Crippen LogP) is 11.1. The van der Waals surface area contributed by atoms with Crippen LogP contribution in [-0.4, -0.2) is 26.8 Å². The van der Waals surface area contributed by atoms with Gasteiger partial charge < -0.3 is 10.2 Å². The van der Waals surface area contributed by atoms with Crippen LogP contribution in [0.3, 0.4) is 0 Å². The number of nitrogens with one attached hydrogen (secondary N) is 1. The van der Waals surface area contributed by atoms with Gasteiger partial charge in [-0.25, -0.2) is 4.79 Å². The van der Waals surface area contributed by atoms with Crippen molar-refractivity contribution in [3.05, 3.63) is 179 Å². The number of urea groups is 1. The number of carbonyl (C=O) groups is 1. The molecule has 258 valence electrons. The summed E-state index contributed by atoms with van der Waals surface area (Å²) in [5.41, 5.74) is 10.3. The minimum absolute atomic E-state index is 0.0199. The fraction of sp³-hybridized carbons (Fsp3) is 0.261. The summed E-state index contributed by atoms with van der Waals surface area (Å²) in [6.45, 7) is 6.81.